The average Bonchev–Trinajstić information content (AvgIpc) is 3.06. The van der Waals surface area contributed by atoms with E-state index < -0.39 is 22.2 Å². The van der Waals surface area contributed by atoms with Gasteiger partial charge in [-0.2, -0.15) is 0 Å². The third-order valence-electron chi connectivity index (χ3n) is 9.22. The van der Waals surface area contributed by atoms with Crippen LogP contribution >= 0.6 is 11.6 Å². The summed E-state index contributed by atoms with van der Waals surface area (Å²) < 4.78 is 34.7. The molecule has 1 spiro atoms. The smallest absolute Gasteiger partial charge is 0.287 e. The van der Waals surface area contributed by atoms with Gasteiger partial charge in [0.15, 0.2) is 0 Å². The molecule has 2 aromatic carbocycles. The number of halogens is 1. The summed E-state index contributed by atoms with van der Waals surface area (Å²) >= 11 is 6.40. The number of nitrogens with zero attached hydrogens (tertiary/aromatic N) is 2. The molecule has 2 bridgehead atoms. The van der Waals surface area contributed by atoms with Crippen LogP contribution in [0.4, 0.5) is 5.69 Å². The second kappa shape index (κ2) is 11.3. The Kier molecular flexibility index (Phi) is 7.93. The van der Waals surface area contributed by atoms with Crippen molar-refractivity contribution in [3.8, 4) is 5.75 Å². The van der Waals surface area contributed by atoms with Crippen molar-refractivity contribution in [3.63, 3.8) is 0 Å². The zero-order chi connectivity index (χ0) is 28.8. The highest BCUT2D eigenvalue weighted by Crippen LogP contribution is 2.47. The number of aryl methyl sites for hydroxylation is 1. The molecule has 2 aliphatic carbocycles. The number of carbonyl (C=O) groups is 1. The average molecular weight is 600 g/mol. The molecule has 0 radical (unpaired) electrons. The van der Waals surface area contributed by atoms with Gasteiger partial charge in [0.05, 0.1) is 24.5 Å². The minimum absolute atomic E-state index is 0.0390. The number of benzene rings is 2. The molecule has 41 heavy (non-hydrogen) atoms. The van der Waals surface area contributed by atoms with Crippen LogP contribution in [0.5, 0.6) is 5.75 Å². The van der Waals surface area contributed by atoms with Crippen LogP contribution in [0, 0.1) is 11.8 Å². The fourth-order valence-electron chi connectivity index (χ4n) is 7.05. The van der Waals surface area contributed by atoms with Gasteiger partial charge < -0.3 is 14.4 Å². The number of methoxy groups -OCH3 is 1. The lowest BCUT2D eigenvalue weighted by molar-refractivity contribution is 0.0131. The number of nitrogens with two attached hydrogens (primary N) is 1. The van der Waals surface area contributed by atoms with Gasteiger partial charge in [-0.1, -0.05) is 29.8 Å². The summed E-state index contributed by atoms with van der Waals surface area (Å²) in [6.07, 6.45) is 9.24. The van der Waals surface area contributed by atoms with Crippen molar-refractivity contribution in [2.45, 2.75) is 63.1 Å². The molecule has 1 unspecified atom stereocenters. The molecular formula is C31H38ClN3O5S. The Morgan fingerprint density at radius 2 is 2.07 bits per heavy atom. The number of anilines is 1. The molecule has 6 atom stereocenters. The summed E-state index contributed by atoms with van der Waals surface area (Å²) in [5.41, 5.74) is 3.48. The zero-order valence-corrected chi connectivity index (χ0v) is 25.2. The van der Waals surface area contributed by atoms with Gasteiger partial charge in [-0.05, 0) is 98.7 Å². The minimum atomic E-state index is -3.68. The molecule has 0 saturated heterocycles. The van der Waals surface area contributed by atoms with Gasteiger partial charge in [0, 0.05) is 36.2 Å². The number of ether oxygens (including phenoxy) is 2. The fourth-order valence-corrected chi connectivity index (χ4v) is 8.17. The number of amides is 1. The quantitative estimate of drug-likeness (QED) is 0.427. The van der Waals surface area contributed by atoms with Gasteiger partial charge in [-0.15, -0.1) is 4.36 Å². The van der Waals surface area contributed by atoms with Crippen LogP contribution in [0.15, 0.2) is 52.9 Å². The van der Waals surface area contributed by atoms with E-state index in [4.69, 9.17) is 30.4 Å². The monoisotopic (exact) mass is 599 g/mol. The first kappa shape index (κ1) is 28.7. The zero-order valence-electron chi connectivity index (χ0n) is 23.6. The Morgan fingerprint density at radius 1 is 1.22 bits per heavy atom. The third-order valence-corrected chi connectivity index (χ3v) is 10.5. The van der Waals surface area contributed by atoms with Gasteiger partial charge in [0.2, 0.25) is 10.2 Å². The van der Waals surface area contributed by atoms with Crippen molar-refractivity contribution < 1.29 is 22.7 Å². The van der Waals surface area contributed by atoms with Crippen molar-refractivity contribution >= 4 is 33.4 Å². The second-order valence-electron chi connectivity index (χ2n) is 12.0. The second-order valence-corrected chi connectivity index (χ2v) is 13.8. The third kappa shape index (κ3) is 5.79. The fraction of sp³-hybridized carbons (Fsp3) is 0.516. The van der Waals surface area contributed by atoms with Crippen LogP contribution < -0.4 is 14.8 Å². The Labute approximate surface area is 247 Å². The van der Waals surface area contributed by atoms with Crippen LogP contribution in [-0.2, 0) is 31.0 Å². The maximum Gasteiger partial charge on any atom is 0.287 e. The summed E-state index contributed by atoms with van der Waals surface area (Å²) in [4.78, 5) is 15.6. The number of hydrogen-bond donors (Lipinski definition) is 1. The van der Waals surface area contributed by atoms with E-state index in [0.717, 1.165) is 61.7 Å². The summed E-state index contributed by atoms with van der Waals surface area (Å²) in [6, 6.07) is 11.5. The molecule has 2 heterocycles. The Hall–Kier alpha value is -2.43. The van der Waals surface area contributed by atoms with Crippen LogP contribution in [0.3, 0.4) is 0 Å². The van der Waals surface area contributed by atoms with Crippen LogP contribution in [-0.4, -0.2) is 49.1 Å². The van der Waals surface area contributed by atoms with E-state index in [-0.39, 0.29) is 11.5 Å². The summed E-state index contributed by atoms with van der Waals surface area (Å²) in [5.74, 6) is 0.819. The molecule has 10 heteroatoms. The molecule has 2 N–H and O–H groups in total. The highest BCUT2D eigenvalue weighted by molar-refractivity contribution is 7.87. The van der Waals surface area contributed by atoms with E-state index in [1.54, 1.807) is 26.2 Å². The van der Waals surface area contributed by atoms with Crippen LogP contribution in [0.2, 0.25) is 5.02 Å². The summed E-state index contributed by atoms with van der Waals surface area (Å²) in [5, 5.41) is 6.62. The lowest BCUT2D eigenvalue weighted by Crippen LogP contribution is -2.49. The van der Waals surface area contributed by atoms with Crippen LogP contribution in [0.1, 0.15) is 60.5 Å². The lowest BCUT2D eigenvalue weighted by atomic mass is 9.68. The molecule has 6 rings (SSSR count). The highest BCUT2D eigenvalue weighted by atomic mass is 35.5. The van der Waals surface area contributed by atoms with E-state index in [0.29, 0.717) is 30.4 Å². The predicted molar refractivity (Wildman–Crippen MR) is 161 cm³/mol. The molecule has 1 amide bonds. The molecule has 1 fully saturated rings. The van der Waals surface area contributed by atoms with E-state index in [2.05, 4.69) is 27.5 Å². The molecule has 2 aromatic rings. The Bertz CT molecular complexity index is 1490. The SMILES string of the molecule is CO[C@H]1C=CC[C@H](C)OS(N)(=O)=NC(=O)c2ccc3c(c2)N(C[C@@H]2CC[C@H]21)C[C@@]1(CCCc2cc(Cl)ccc21)CO3. The standard InChI is InChI=1S/C31H38ClN3O5S/c1-20-5-3-7-28(38-2)25-11-8-23(25)17-35-18-31(14-4-6-21-15-24(32)10-12-26(21)31)19-39-29-13-9-22(16-27(29)35)30(36)34-41(33,37)40-20/h3,7,9-10,12-13,15-16,20,23,25,28H,4-6,8,11,14,17-19H2,1-2H3,(H2,33,34,36,37)/t20-,23-,25+,28-,31-,41?/m0/s1. The molecule has 4 aliphatic rings. The molecule has 8 nitrogen and oxygen atoms in total. The van der Waals surface area contributed by atoms with E-state index in [1.807, 2.05) is 18.2 Å². The number of fused-ring (bicyclic) bond motifs is 4. The van der Waals surface area contributed by atoms with E-state index in [9.17, 15) is 9.00 Å². The maximum absolute atomic E-state index is 13.2. The Morgan fingerprint density at radius 3 is 2.85 bits per heavy atom. The first-order chi connectivity index (χ1) is 19.7. The topological polar surface area (TPSA) is 103 Å². The van der Waals surface area contributed by atoms with Crippen molar-refractivity contribution in [2.24, 2.45) is 21.3 Å². The molecule has 2 aliphatic heterocycles. The largest absolute Gasteiger partial charge is 0.490 e. The van der Waals surface area contributed by atoms with E-state index >= 15 is 0 Å². The van der Waals surface area contributed by atoms with Crippen molar-refractivity contribution in [1.82, 2.24) is 0 Å². The first-order valence-electron chi connectivity index (χ1n) is 14.4. The van der Waals surface area contributed by atoms with Gasteiger partial charge >= 0.3 is 0 Å². The summed E-state index contributed by atoms with van der Waals surface area (Å²) in [6.45, 7) is 3.84. The van der Waals surface area contributed by atoms with Gasteiger partial charge in [-0.25, -0.2) is 9.35 Å². The molecule has 0 aromatic heterocycles. The molecule has 220 valence electrons. The highest BCUT2D eigenvalue weighted by Gasteiger charge is 2.44. The maximum atomic E-state index is 13.2. The van der Waals surface area contributed by atoms with Gasteiger partial charge in [0.1, 0.15) is 5.75 Å². The molecule has 1 saturated carbocycles. The van der Waals surface area contributed by atoms with Crippen molar-refractivity contribution in [3.05, 3.63) is 70.3 Å². The lowest BCUT2D eigenvalue weighted by Gasteiger charge is -2.46. The minimum Gasteiger partial charge on any atom is -0.490 e. The van der Waals surface area contributed by atoms with E-state index in [1.165, 1.54) is 11.1 Å². The predicted octanol–water partition coefficient (Wildman–Crippen LogP) is 5.62. The Balaban J connectivity index is 1.44. The van der Waals surface area contributed by atoms with Crippen molar-refractivity contribution in [2.75, 3.05) is 31.7 Å². The number of carbonyl (C=O) groups excluding carboxylic acids is 1. The van der Waals surface area contributed by atoms with Gasteiger partial charge in [0.25, 0.3) is 5.91 Å². The van der Waals surface area contributed by atoms with Crippen LogP contribution in [0.25, 0.3) is 0 Å². The van der Waals surface area contributed by atoms with Gasteiger partial charge in [-0.3, -0.25) is 8.98 Å². The van der Waals surface area contributed by atoms with Crippen molar-refractivity contribution in [1.29, 1.82) is 0 Å². The normalized spacial score (nSPS) is 33.6. The number of hydrogen-bond acceptors (Lipinski definition) is 6. The number of rotatable bonds is 1. The first-order valence-corrected chi connectivity index (χ1v) is 16.3. The summed E-state index contributed by atoms with van der Waals surface area (Å²) in [7, 11) is -1.93. The molecular weight excluding hydrogens is 562 g/mol.